The van der Waals surface area contributed by atoms with Crippen molar-refractivity contribution < 1.29 is 14.1 Å². The van der Waals surface area contributed by atoms with Crippen molar-refractivity contribution in [1.82, 2.24) is 24.9 Å². The number of rotatable bonds is 4. The Balaban J connectivity index is 1.29. The molecule has 0 aliphatic carbocycles. The average Bonchev–Trinajstić information content (AvgIpc) is 3.50. The predicted octanol–water partition coefficient (Wildman–Crippen LogP) is 2.12. The summed E-state index contributed by atoms with van der Waals surface area (Å²) >= 11 is 0. The number of nitrogens with zero attached hydrogens (tertiary/aromatic N) is 6. The quantitative estimate of drug-likeness (QED) is 0.735. The van der Waals surface area contributed by atoms with Crippen LogP contribution in [0.4, 0.5) is 5.82 Å². The highest BCUT2D eigenvalue weighted by Gasteiger charge is 2.37. The summed E-state index contributed by atoms with van der Waals surface area (Å²) in [6, 6.07) is 4.59. The fourth-order valence-corrected chi connectivity index (χ4v) is 5.01. The van der Waals surface area contributed by atoms with Gasteiger partial charge in [-0.25, -0.2) is 4.98 Å². The van der Waals surface area contributed by atoms with E-state index in [0.717, 1.165) is 83.0 Å². The Morgan fingerprint density at radius 1 is 1.10 bits per heavy atom. The van der Waals surface area contributed by atoms with Gasteiger partial charge in [-0.15, -0.1) is 0 Å². The summed E-state index contributed by atoms with van der Waals surface area (Å²) in [5.41, 5.74) is 0.922. The molecule has 9 heteroatoms. The molecule has 2 aromatic rings. The number of ether oxygens (including phenoxy) is 1. The second-order valence-corrected chi connectivity index (χ2v) is 8.59. The van der Waals surface area contributed by atoms with Crippen LogP contribution in [-0.2, 0) is 9.53 Å². The molecule has 0 unspecified atom stereocenters. The van der Waals surface area contributed by atoms with Crippen LogP contribution in [0.15, 0.2) is 22.9 Å². The average molecular weight is 427 g/mol. The molecule has 1 atom stereocenters. The van der Waals surface area contributed by atoms with Crippen LogP contribution in [0.3, 0.4) is 0 Å². The molecule has 0 N–H and O–H groups in total. The van der Waals surface area contributed by atoms with Gasteiger partial charge in [0.15, 0.2) is 0 Å². The third-order valence-corrected chi connectivity index (χ3v) is 6.74. The van der Waals surface area contributed by atoms with E-state index < -0.39 is 0 Å². The Bertz CT molecular complexity index is 904. The highest BCUT2D eigenvalue weighted by Crippen LogP contribution is 2.36. The summed E-state index contributed by atoms with van der Waals surface area (Å²) in [5.74, 6) is 2.41. The molecule has 2 aromatic heterocycles. The van der Waals surface area contributed by atoms with Crippen LogP contribution in [0.5, 0.6) is 0 Å². The van der Waals surface area contributed by atoms with E-state index in [1.54, 1.807) is 13.1 Å². The van der Waals surface area contributed by atoms with E-state index in [1.807, 2.05) is 17.0 Å². The normalized spacial score (nSPS) is 23.5. The molecule has 0 radical (unpaired) electrons. The number of carbonyl (C=O) groups is 1. The van der Waals surface area contributed by atoms with Crippen molar-refractivity contribution >= 4 is 11.7 Å². The molecular formula is C22H30N6O3. The molecule has 0 bridgehead atoms. The third kappa shape index (κ3) is 4.29. The molecule has 1 amide bonds. The van der Waals surface area contributed by atoms with Crippen molar-refractivity contribution in [3.05, 3.63) is 24.2 Å². The van der Waals surface area contributed by atoms with Gasteiger partial charge in [-0.1, -0.05) is 5.16 Å². The van der Waals surface area contributed by atoms with Crippen LogP contribution < -0.4 is 4.90 Å². The maximum atomic E-state index is 11.6. The van der Waals surface area contributed by atoms with Gasteiger partial charge >= 0.3 is 0 Å². The Kier molecular flexibility index (Phi) is 5.87. The van der Waals surface area contributed by atoms with E-state index in [2.05, 4.69) is 19.9 Å². The number of likely N-dealkylation sites (tertiary alicyclic amines) is 2. The van der Waals surface area contributed by atoms with Crippen molar-refractivity contribution in [1.29, 1.82) is 0 Å². The monoisotopic (exact) mass is 426 g/mol. The van der Waals surface area contributed by atoms with Gasteiger partial charge in [0.05, 0.1) is 19.3 Å². The zero-order chi connectivity index (χ0) is 21.2. The number of pyridine rings is 1. The first-order chi connectivity index (χ1) is 15.2. The van der Waals surface area contributed by atoms with E-state index >= 15 is 0 Å². The summed E-state index contributed by atoms with van der Waals surface area (Å²) in [5, 5.41) is 4.30. The standard InChI is InChI=1S/C22H30N6O3/c1-16(29)26-9-5-18(6-10-26)28-8-2-3-19(28)22-24-21(25-31-22)17-4-7-23-20(15-17)27-11-13-30-14-12-27/h4,7,15,18-19H,2-3,5-6,8-14H2,1H3/t19-/m0/s1. The first kappa shape index (κ1) is 20.4. The van der Waals surface area contributed by atoms with Gasteiger partial charge in [0.25, 0.3) is 0 Å². The fourth-order valence-electron chi connectivity index (χ4n) is 5.01. The molecule has 5 heterocycles. The molecule has 166 valence electrons. The number of carbonyl (C=O) groups excluding carboxylic acids is 1. The molecular weight excluding hydrogens is 396 g/mol. The lowest BCUT2D eigenvalue weighted by molar-refractivity contribution is -0.130. The van der Waals surface area contributed by atoms with E-state index in [0.29, 0.717) is 17.8 Å². The summed E-state index contributed by atoms with van der Waals surface area (Å²) in [6.45, 7) is 7.49. The largest absolute Gasteiger partial charge is 0.378 e. The molecule has 3 aliphatic rings. The van der Waals surface area contributed by atoms with Crippen LogP contribution >= 0.6 is 0 Å². The Labute approximate surface area is 182 Å². The molecule has 0 aromatic carbocycles. The fraction of sp³-hybridized carbons (Fsp3) is 0.636. The van der Waals surface area contributed by atoms with E-state index in [9.17, 15) is 4.79 Å². The van der Waals surface area contributed by atoms with Crippen LogP contribution in [-0.4, -0.2) is 82.8 Å². The van der Waals surface area contributed by atoms with Crippen LogP contribution in [0.1, 0.15) is 44.5 Å². The minimum atomic E-state index is 0.163. The topological polar surface area (TPSA) is 87.8 Å². The maximum Gasteiger partial charge on any atom is 0.244 e. The minimum Gasteiger partial charge on any atom is -0.378 e. The van der Waals surface area contributed by atoms with Gasteiger partial charge in [-0.2, -0.15) is 4.98 Å². The molecule has 3 saturated heterocycles. The summed E-state index contributed by atoms with van der Waals surface area (Å²) < 4.78 is 11.2. The zero-order valence-electron chi connectivity index (χ0n) is 18.1. The van der Waals surface area contributed by atoms with E-state index in [1.165, 1.54) is 0 Å². The SMILES string of the molecule is CC(=O)N1CCC(N2CCC[C@H]2c2nc(-c3ccnc(N4CCOCC4)c3)no2)CC1. The summed E-state index contributed by atoms with van der Waals surface area (Å²) in [7, 11) is 0. The smallest absolute Gasteiger partial charge is 0.244 e. The Morgan fingerprint density at radius 2 is 1.90 bits per heavy atom. The first-order valence-electron chi connectivity index (χ1n) is 11.3. The van der Waals surface area contributed by atoms with Crippen LogP contribution in [0.25, 0.3) is 11.4 Å². The predicted molar refractivity (Wildman–Crippen MR) is 115 cm³/mol. The van der Waals surface area contributed by atoms with Crippen LogP contribution in [0.2, 0.25) is 0 Å². The van der Waals surface area contributed by atoms with Crippen molar-refractivity contribution in [2.75, 3.05) is 50.8 Å². The van der Waals surface area contributed by atoms with Gasteiger partial charge in [0.1, 0.15) is 5.82 Å². The second-order valence-electron chi connectivity index (χ2n) is 8.59. The molecule has 31 heavy (non-hydrogen) atoms. The van der Waals surface area contributed by atoms with Gasteiger partial charge in [0, 0.05) is 50.9 Å². The molecule has 3 fully saturated rings. The first-order valence-corrected chi connectivity index (χ1v) is 11.3. The third-order valence-electron chi connectivity index (χ3n) is 6.74. The molecule has 0 spiro atoms. The molecule has 5 rings (SSSR count). The number of piperidine rings is 1. The number of hydrogen-bond donors (Lipinski definition) is 0. The lowest BCUT2D eigenvalue weighted by Crippen LogP contribution is -2.46. The van der Waals surface area contributed by atoms with Crippen LogP contribution in [0, 0.1) is 0 Å². The Morgan fingerprint density at radius 3 is 2.68 bits per heavy atom. The number of hydrogen-bond acceptors (Lipinski definition) is 8. The van der Waals surface area contributed by atoms with Crippen molar-refractivity contribution in [2.24, 2.45) is 0 Å². The van der Waals surface area contributed by atoms with Crippen molar-refractivity contribution in [2.45, 2.75) is 44.7 Å². The van der Waals surface area contributed by atoms with Gasteiger partial charge < -0.3 is 19.1 Å². The van der Waals surface area contributed by atoms with Gasteiger partial charge in [-0.3, -0.25) is 9.69 Å². The van der Waals surface area contributed by atoms with Crippen molar-refractivity contribution in [3.63, 3.8) is 0 Å². The lowest BCUT2D eigenvalue weighted by Gasteiger charge is -2.38. The van der Waals surface area contributed by atoms with E-state index in [-0.39, 0.29) is 11.9 Å². The maximum absolute atomic E-state index is 11.6. The highest BCUT2D eigenvalue weighted by atomic mass is 16.5. The summed E-state index contributed by atoms with van der Waals surface area (Å²) in [4.78, 5) is 27.6. The number of aromatic nitrogens is 3. The Hall–Kier alpha value is -2.52. The van der Waals surface area contributed by atoms with Crippen molar-refractivity contribution in [3.8, 4) is 11.4 Å². The number of morpholine rings is 1. The molecule has 3 aliphatic heterocycles. The van der Waals surface area contributed by atoms with Gasteiger partial charge in [0.2, 0.25) is 17.6 Å². The molecule has 0 saturated carbocycles. The summed E-state index contributed by atoms with van der Waals surface area (Å²) in [6.07, 6.45) is 5.98. The minimum absolute atomic E-state index is 0.163. The van der Waals surface area contributed by atoms with Gasteiger partial charge in [-0.05, 0) is 44.4 Å². The highest BCUT2D eigenvalue weighted by molar-refractivity contribution is 5.73. The number of amides is 1. The second kappa shape index (κ2) is 8.92. The zero-order valence-corrected chi connectivity index (χ0v) is 18.1. The van der Waals surface area contributed by atoms with E-state index in [4.69, 9.17) is 14.2 Å². The lowest BCUT2D eigenvalue weighted by atomic mass is 10.0. The molecule has 9 nitrogen and oxygen atoms in total. The number of anilines is 1.